The van der Waals surface area contributed by atoms with E-state index in [1.807, 2.05) is 0 Å². The van der Waals surface area contributed by atoms with Crippen molar-refractivity contribution in [2.24, 2.45) is 5.73 Å². The Hall–Kier alpha value is -2.83. The third-order valence-electron chi connectivity index (χ3n) is 2.70. The molecule has 0 saturated heterocycles. The monoisotopic (exact) mass is 274 g/mol. The van der Waals surface area contributed by atoms with Gasteiger partial charge < -0.3 is 16.2 Å². The van der Waals surface area contributed by atoms with E-state index >= 15 is 0 Å². The Kier molecular flexibility index (Phi) is 3.69. The summed E-state index contributed by atoms with van der Waals surface area (Å²) in [5.74, 6) is -0.907. The Morgan fingerprint density at radius 1 is 1.30 bits per heavy atom. The van der Waals surface area contributed by atoms with Crippen molar-refractivity contribution in [3.63, 3.8) is 0 Å². The minimum Gasteiger partial charge on any atom is -0.461 e. The van der Waals surface area contributed by atoms with Crippen molar-refractivity contribution in [1.29, 1.82) is 0 Å². The summed E-state index contributed by atoms with van der Waals surface area (Å²) in [5.41, 5.74) is 12.1. The molecule has 1 aromatic heterocycles. The third-order valence-corrected chi connectivity index (χ3v) is 2.70. The lowest BCUT2D eigenvalue weighted by atomic mass is 10.2. The number of nitrogens with two attached hydrogens (primary N) is 2. The molecule has 0 bridgehead atoms. The first-order valence-electron chi connectivity index (χ1n) is 5.94. The quantitative estimate of drug-likeness (QED) is 0.798. The van der Waals surface area contributed by atoms with Gasteiger partial charge in [-0.3, -0.25) is 9.36 Å². The maximum atomic E-state index is 11.6. The fraction of sp³-hybridized carbons (Fsp3) is 0.154. The molecule has 0 aliphatic heterocycles. The number of nitrogens with zero attached hydrogens (tertiary/aromatic N) is 2. The van der Waals surface area contributed by atoms with Gasteiger partial charge in [-0.05, 0) is 31.2 Å². The lowest BCUT2D eigenvalue weighted by Crippen LogP contribution is -2.11. The van der Waals surface area contributed by atoms with Crippen molar-refractivity contribution in [2.75, 3.05) is 12.3 Å². The molecule has 0 unspecified atom stereocenters. The van der Waals surface area contributed by atoms with Crippen molar-refractivity contribution < 1.29 is 14.3 Å². The lowest BCUT2D eigenvalue weighted by Gasteiger charge is -2.06. The molecule has 2 rings (SSSR count). The van der Waals surface area contributed by atoms with Crippen molar-refractivity contribution in [3.8, 4) is 5.69 Å². The van der Waals surface area contributed by atoms with E-state index < -0.39 is 11.9 Å². The number of rotatable bonds is 4. The zero-order valence-corrected chi connectivity index (χ0v) is 10.9. The number of ether oxygens (including phenoxy) is 1. The van der Waals surface area contributed by atoms with E-state index in [-0.39, 0.29) is 18.1 Å². The summed E-state index contributed by atoms with van der Waals surface area (Å²) in [5, 5.41) is 0. The van der Waals surface area contributed by atoms with Crippen molar-refractivity contribution in [1.82, 2.24) is 9.55 Å². The average Bonchev–Trinajstić information content (AvgIpc) is 2.81. The number of aromatic nitrogens is 2. The predicted octanol–water partition coefficient (Wildman–Crippen LogP) is 0.730. The van der Waals surface area contributed by atoms with E-state index in [9.17, 15) is 9.59 Å². The van der Waals surface area contributed by atoms with E-state index in [1.54, 1.807) is 31.2 Å². The van der Waals surface area contributed by atoms with Gasteiger partial charge in [0.15, 0.2) is 5.69 Å². The summed E-state index contributed by atoms with van der Waals surface area (Å²) in [6.07, 6.45) is 1.42. The molecule has 1 heterocycles. The fourth-order valence-corrected chi connectivity index (χ4v) is 1.71. The standard InChI is InChI=1S/C13H14N4O3/c1-2-20-13(19)10-11(14)17(7-16-10)9-5-3-8(4-6-9)12(15)18/h3-7H,2,14H2,1H3,(H2,15,18). The highest BCUT2D eigenvalue weighted by Gasteiger charge is 2.17. The van der Waals surface area contributed by atoms with Crippen LogP contribution in [0.3, 0.4) is 0 Å². The molecule has 0 aliphatic rings. The van der Waals surface area contributed by atoms with Gasteiger partial charge in [0.2, 0.25) is 5.91 Å². The van der Waals surface area contributed by atoms with E-state index in [2.05, 4.69) is 4.98 Å². The van der Waals surface area contributed by atoms with Crippen LogP contribution in [0.2, 0.25) is 0 Å². The van der Waals surface area contributed by atoms with Crippen molar-refractivity contribution in [3.05, 3.63) is 41.9 Å². The number of amides is 1. The Balaban J connectivity index is 2.34. The smallest absolute Gasteiger partial charge is 0.360 e. The molecule has 7 nitrogen and oxygen atoms in total. The number of esters is 1. The number of hydrogen-bond donors (Lipinski definition) is 2. The van der Waals surface area contributed by atoms with E-state index in [4.69, 9.17) is 16.2 Å². The number of benzene rings is 1. The Bertz CT molecular complexity index is 646. The number of primary amides is 1. The largest absolute Gasteiger partial charge is 0.461 e. The number of imidazole rings is 1. The number of carbonyl (C=O) groups excluding carboxylic acids is 2. The first-order valence-corrected chi connectivity index (χ1v) is 5.94. The maximum Gasteiger partial charge on any atom is 0.360 e. The summed E-state index contributed by atoms with van der Waals surface area (Å²) >= 11 is 0. The Morgan fingerprint density at radius 3 is 2.50 bits per heavy atom. The zero-order chi connectivity index (χ0) is 14.7. The molecule has 2 aromatic rings. The summed E-state index contributed by atoms with van der Waals surface area (Å²) in [7, 11) is 0. The molecule has 20 heavy (non-hydrogen) atoms. The molecule has 0 aliphatic carbocycles. The zero-order valence-electron chi connectivity index (χ0n) is 10.9. The molecular formula is C13H14N4O3. The number of nitrogen functional groups attached to an aromatic ring is 1. The van der Waals surface area contributed by atoms with Gasteiger partial charge in [-0.1, -0.05) is 0 Å². The summed E-state index contributed by atoms with van der Waals surface area (Å²) in [6, 6.07) is 6.46. The third kappa shape index (κ3) is 2.46. The minimum atomic E-state index is -0.572. The van der Waals surface area contributed by atoms with Gasteiger partial charge in [0, 0.05) is 11.3 Å². The van der Waals surface area contributed by atoms with Crippen LogP contribution in [0.5, 0.6) is 0 Å². The highest BCUT2D eigenvalue weighted by atomic mass is 16.5. The molecule has 1 aromatic carbocycles. The SMILES string of the molecule is CCOC(=O)c1ncn(-c2ccc(C(N)=O)cc2)c1N. The fourth-order valence-electron chi connectivity index (χ4n) is 1.71. The van der Waals surface area contributed by atoms with Gasteiger partial charge in [-0.15, -0.1) is 0 Å². The maximum absolute atomic E-state index is 11.6. The molecule has 1 amide bonds. The number of carbonyl (C=O) groups is 2. The highest BCUT2D eigenvalue weighted by molar-refractivity contribution is 5.93. The predicted molar refractivity (Wildman–Crippen MR) is 72.5 cm³/mol. The lowest BCUT2D eigenvalue weighted by molar-refractivity contribution is 0.0521. The van der Waals surface area contributed by atoms with Crippen LogP contribution < -0.4 is 11.5 Å². The number of hydrogen-bond acceptors (Lipinski definition) is 5. The molecule has 0 fully saturated rings. The molecule has 7 heteroatoms. The summed E-state index contributed by atoms with van der Waals surface area (Å²) in [4.78, 5) is 26.6. The topological polar surface area (TPSA) is 113 Å². The first kappa shape index (κ1) is 13.6. The summed E-state index contributed by atoms with van der Waals surface area (Å²) in [6.45, 7) is 1.95. The molecule has 0 atom stereocenters. The molecule has 4 N–H and O–H groups in total. The normalized spacial score (nSPS) is 10.2. The highest BCUT2D eigenvalue weighted by Crippen LogP contribution is 2.18. The van der Waals surface area contributed by atoms with Crippen LogP contribution in [-0.4, -0.2) is 28.0 Å². The minimum absolute atomic E-state index is 0.0610. The van der Waals surface area contributed by atoms with Gasteiger partial charge >= 0.3 is 5.97 Å². The van der Waals surface area contributed by atoms with Gasteiger partial charge in [0.05, 0.1) is 6.61 Å². The van der Waals surface area contributed by atoms with Crippen LogP contribution in [-0.2, 0) is 4.74 Å². The van der Waals surface area contributed by atoms with Crippen molar-refractivity contribution in [2.45, 2.75) is 6.92 Å². The van der Waals surface area contributed by atoms with Gasteiger partial charge in [0.25, 0.3) is 0 Å². The average molecular weight is 274 g/mol. The second kappa shape index (κ2) is 5.43. The van der Waals surface area contributed by atoms with Crippen LogP contribution in [0.15, 0.2) is 30.6 Å². The number of anilines is 1. The first-order chi connectivity index (χ1) is 9.54. The second-order valence-corrected chi connectivity index (χ2v) is 3.98. The van der Waals surface area contributed by atoms with Crippen molar-refractivity contribution >= 4 is 17.7 Å². The van der Waals surface area contributed by atoms with E-state index in [1.165, 1.54) is 10.9 Å². The second-order valence-electron chi connectivity index (χ2n) is 3.98. The van der Waals surface area contributed by atoms with Crippen LogP contribution in [0, 0.1) is 0 Å². The van der Waals surface area contributed by atoms with Crippen LogP contribution in [0.1, 0.15) is 27.8 Å². The van der Waals surface area contributed by atoms with Crippen LogP contribution in [0.25, 0.3) is 5.69 Å². The van der Waals surface area contributed by atoms with E-state index in [0.717, 1.165) is 0 Å². The van der Waals surface area contributed by atoms with Crippen LogP contribution >= 0.6 is 0 Å². The van der Waals surface area contributed by atoms with Gasteiger partial charge in [-0.2, -0.15) is 0 Å². The molecular weight excluding hydrogens is 260 g/mol. The molecule has 0 saturated carbocycles. The van der Waals surface area contributed by atoms with Crippen LogP contribution in [0.4, 0.5) is 5.82 Å². The molecule has 0 radical (unpaired) electrons. The van der Waals surface area contributed by atoms with Gasteiger partial charge in [-0.25, -0.2) is 9.78 Å². The molecule has 104 valence electrons. The van der Waals surface area contributed by atoms with Gasteiger partial charge in [0.1, 0.15) is 12.1 Å². The Labute approximate surface area is 115 Å². The summed E-state index contributed by atoms with van der Waals surface area (Å²) < 4.78 is 6.38. The van der Waals surface area contributed by atoms with E-state index in [0.29, 0.717) is 11.3 Å². The molecule has 0 spiro atoms. The Morgan fingerprint density at radius 2 is 1.95 bits per heavy atom.